The first-order valence-electron chi connectivity index (χ1n) is 10.8. The molecule has 3 rings (SSSR count). The molecule has 1 aromatic heterocycles. The van der Waals surface area contributed by atoms with Crippen molar-refractivity contribution in [2.45, 2.75) is 46.1 Å². The summed E-state index contributed by atoms with van der Waals surface area (Å²) in [6, 6.07) is 13.7. The quantitative estimate of drug-likeness (QED) is 0.362. The minimum atomic E-state index is -2.88. The standard InChI is InChI=1S/C26H27F2NO4S/c1-15-13-20(14-16(2)24(15)18-5-7-19(8-6-18)26(4,27)28)33-17(3)21-9-10-22(34-21)25(32)29-12-11-23(30)31/h5-10,13-14,17H,11-12H2,1-4H3,(H,29,32)(H,30,31). The second kappa shape index (κ2) is 10.3. The number of carboxylic acids is 1. The van der Waals surface area contributed by atoms with Crippen LogP contribution in [-0.2, 0) is 10.7 Å². The Bertz CT molecular complexity index is 1160. The number of rotatable bonds is 9. The van der Waals surface area contributed by atoms with Crippen LogP contribution in [0.2, 0.25) is 0 Å². The molecule has 0 spiro atoms. The van der Waals surface area contributed by atoms with Crippen LogP contribution in [0.25, 0.3) is 11.1 Å². The average Bonchev–Trinajstić information content (AvgIpc) is 3.23. The Hall–Kier alpha value is -3.26. The highest BCUT2D eigenvalue weighted by Crippen LogP contribution is 2.35. The lowest BCUT2D eigenvalue weighted by Gasteiger charge is -2.18. The molecule has 0 radical (unpaired) electrons. The number of aliphatic carboxylic acids is 1. The number of nitrogens with one attached hydrogen (secondary N) is 1. The summed E-state index contributed by atoms with van der Waals surface area (Å²) >= 11 is 1.29. The summed E-state index contributed by atoms with van der Waals surface area (Å²) in [5, 5.41) is 11.3. The molecule has 0 aliphatic rings. The predicted octanol–water partition coefficient (Wildman–Crippen LogP) is 6.49. The van der Waals surface area contributed by atoms with Gasteiger partial charge >= 0.3 is 5.97 Å². The third-order valence-corrected chi connectivity index (χ3v) is 6.62. The van der Waals surface area contributed by atoms with Crippen molar-refractivity contribution in [1.29, 1.82) is 0 Å². The molecule has 0 aliphatic heterocycles. The van der Waals surface area contributed by atoms with Gasteiger partial charge in [-0.1, -0.05) is 24.3 Å². The molecule has 34 heavy (non-hydrogen) atoms. The third-order valence-electron chi connectivity index (χ3n) is 5.38. The van der Waals surface area contributed by atoms with Gasteiger partial charge in [-0.3, -0.25) is 9.59 Å². The Balaban J connectivity index is 1.71. The first kappa shape index (κ1) is 25.4. The molecule has 2 N–H and O–H groups in total. The van der Waals surface area contributed by atoms with Gasteiger partial charge in [0.05, 0.1) is 11.3 Å². The molecule has 5 nitrogen and oxygen atoms in total. The van der Waals surface area contributed by atoms with Gasteiger partial charge in [0.15, 0.2) is 0 Å². The van der Waals surface area contributed by atoms with E-state index in [1.54, 1.807) is 18.2 Å². The van der Waals surface area contributed by atoms with E-state index in [1.807, 2.05) is 39.0 Å². The zero-order valence-electron chi connectivity index (χ0n) is 19.4. The summed E-state index contributed by atoms with van der Waals surface area (Å²) < 4.78 is 33.2. The first-order chi connectivity index (χ1) is 16.0. The Morgan fingerprint density at radius 3 is 2.26 bits per heavy atom. The molecule has 3 aromatic rings. The van der Waals surface area contributed by atoms with Crippen LogP contribution in [-0.4, -0.2) is 23.5 Å². The van der Waals surface area contributed by atoms with E-state index in [0.717, 1.165) is 34.1 Å². The van der Waals surface area contributed by atoms with E-state index < -0.39 is 11.9 Å². The maximum absolute atomic E-state index is 13.5. The number of carbonyl (C=O) groups is 2. The zero-order chi connectivity index (χ0) is 25.0. The van der Waals surface area contributed by atoms with Gasteiger partial charge in [0.25, 0.3) is 11.8 Å². The highest BCUT2D eigenvalue weighted by atomic mass is 32.1. The zero-order valence-corrected chi connectivity index (χ0v) is 20.3. The molecule has 8 heteroatoms. The minimum absolute atomic E-state index is 0.0220. The van der Waals surface area contributed by atoms with E-state index >= 15 is 0 Å². The highest BCUT2D eigenvalue weighted by Gasteiger charge is 2.24. The van der Waals surface area contributed by atoms with Crippen LogP contribution in [0.3, 0.4) is 0 Å². The number of hydrogen-bond donors (Lipinski definition) is 2. The van der Waals surface area contributed by atoms with Gasteiger partial charge in [-0.25, -0.2) is 8.78 Å². The van der Waals surface area contributed by atoms with E-state index in [4.69, 9.17) is 9.84 Å². The summed E-state index contributed by atoms with van der Waals surface area (Å²) in [6.07, 6.45) is -0.436. The van der Waals surface area contributed by atoms with Crippen LogP contribution in [0.1, 0.15) is 57.6 Å². The normalized spacial score (nSPS) is 12.3. The SMILES string of the molecule is Cc1cc(OC(C)c2ccc(C(=O)NCCC(=O)O)s2)cc(C)c1-c1ccc(C(C)(F)F)cc1. The molecule has 0 bridgehead atoms. The van der Waals surface area contributed by atoms with Gasteiger partial charge in [0.1, 0.15) is 11.9 Å². The van der Waals surface area contributed by atoms with E-state index in [-0.39, 0.29) is 30.5 Å². The summed E-state index contributed by atoms with van der Waals surface area (Å²) in [5.41, 5.74) is 3.74. The van der Waals surface area contributed by atoms with E-state index in [9.17, 15) is 18.4 Å². The van der Waals surface area contributed by atoms with Gasteiger partial charge < -0.3 is 15.2 Å². The van der Waals surface area contributed by atoms with Gasteiger partial charge in [-0.05, 0) is 67.3 Å². The molecular weight excluding hydrogens is 460 g/mol. The number of benzene rings is 2. The van der Waals surface area contributed by atoms with Gasteiger partial charge in [0.2, 0.25) is 0 Å². The predicted molar refractivity (Wildman–Crippen MR) is 129 cm³/mol. The van der Waals surface area contributed by atoms with Crippen molar-refractivity contribution in [3.05, 3.63) is 75.0 Å². The van der Waals surface area contributed by atoms with Gasteiger partial charge in [-0.2, -0.15) is 0 Å². The maximum Gasteiger partial charge on any atom is 0.305 e. The second-order valence-corrected chi connectivity index (χ2v) is 9.37. The Labute approximate surface area is 201 Å². The lowest BCUT2D eigenvalue weighted by Crippen LogP contribution is -2.25. The van der Waals surface area contributed by atoms with Crippen molar-refractivity contribution in [2.75, 3.05) is 6.54 Å². The number of amides is 1. The molecule has 1 amide bonds. The summed E-state index contributed by atoms with van der Waals surface area (Å²) in [4.78, 5) is 24.1. The van der Waals surface area contributed by atoms with Gasteiger partial charge in [-0.15, -0.1) is 11.3 Å². The molecule has 0 fully saturated rings. The summed E-state index contributed by atoms with van der Waals surface area (Å²) in [6.45, 7) is 6.75. The van der Waals surface area contributed by atoms with Gasteiger partial charge in [0, 0.05) is 23.9 Å². The fraction of sp³-hybridized carbons (Fsp3) is 0.308. The van der Waals surface area contributed by atoms with Crippen LogP contribution in [0, 0.1) is 13.8 Å². The number of thiophene rings is 1. The highest BCUT2D eigenvalue weighted by molar-refractivity contribution is 7.14. The van der Waals surface area contributed by atoms with Crippen LogP contribution < -0.4 is 10.1 Å². The Morgan fingerprint density at radius 1 is 1.09 bits per heavy atom. The Morgan fingerprint density at radius 2 is 1.71 bits per heavy atom. The first-order valence-corrected chi connectivity index (χ1v) is 11.6. The fourth-order valence-corrected chi connectivity index (χ4v) is 4.61. The summed E-state index contributed by atoms with van der Waals surface area (Å²) in [5.74, 6) is -3.49. The van der Waals surface area contributed by atoms with Crippen molar-refractivity contribution in [1.82, 2.24) is 5.32 Å². The Kier molecular flexibility index (Phi) is 7.71. The number of carbonyl (C=O) groups excluding carboxylic acids is 1. The lowest BCUT2D eigenvalue weighted by molar-refractivity contribution is -0.136. The topological polar surface area (TPSA) is 75.6 Å². The van der Waals surface area contributed by atoms with Crippen LogP contribution in [0.4, 0.5) is 8.78 Å². The smallest absolute Gasteiger partial charge is 0.305 e. The third kappa shape index (κ3) is 6.20. The van der Waals surface area contributed by atoms with Crippen LogP contribution in [0.15, 0.2) is 48.5 Å². The average molecular weight is 488 g/mol. The second-order valence-electron chi connectivity index (χ2n) is 8.26. The number of ether oxygens (including phenoxy) is 1. The number of alkyl halides is 2. The molecule has 2 aromatic carbocycles. The number of aryl methyl sites for hydroxylation is 2. The van der Waals surface area contributed by atoms with Crippen LogP contribution in [0.5, 0.6) is 5.75 Å². The maximum atomic E-state index is 13.5. The molecule has 180 valence electrons. The lowest BCUT2D eigenvalue weighted by atomic mass is 9.94. The number of hydrogen-bond acceptors (Lipinski definition) is 4. The fourth-order valence-electron chi connectivity index (χ4n) is 3.70. The molecule has 1 atom stereocenters. The number of halogens is 2. The van der Waals surface area contributed by atoms with E-state index in [0.29, 0.717) is 10.6 Å². The molecule has 0 aliphatic carbocycles. The molecule has 1 unspecified atom stereocenters. The number of carboxylic acid groups (broad SMARTS) is 1. The van der Waals surface area contributed by atoms with Crippen molar-refractivity contribution in [3.63, 3.8) is 0 Å². The van der Waals surface area contributed by atoms with Crippen molar-refractivity contribution < 1.29 is 28.2 Å². The van der Waals surface area contributed by atoms with Crippen molar-refractivity contribution in [2.24, 2.45) is 0 Å². The van der Waals surface area contributed by atoms with E-state index in [2.05, 4.69) is 5.32 Å². The van der Waals surface area contributed by atoms with Crippen LogP contribution >= 0.6 is 11.3 Å². The molecule has 0 saturated heterocycles. The van der Waals surface area contributed by atoms with E-state index in [1.165, 1.54) is 23.5 Å². The van der Waals surface area contributed by atoms with Crippen molar-refractivity contribution in [3.8, 4) is 16.9 Å². The van der Waals surface area contributed by atoms with Crippen molar-refractivity contribution >= 4 is 23.2 Å². The molecule has 0 saturated carbocycles. The monoisotopic (exact) mass is 487 g/mol. The molecule has 1 heterocycles. The minimum Gasteiger partial charge on any atom is -0.485 e. The summed E-state index contributed by atoms with van der Waals surface area (Å²) in [7, 11) is 0. The largest absolute Gasteiger partial charge is 0.485 e. The molecular formula is C26H27F2NO4S.